The maximum absolute atomic E-state index is 13.4. The molecule has 2 unspecified atom stereocenters. The van der Waals surface area contributed by atoms with Crippen molar-refractivity contribution < 1.29 is 17.6 Å². The minimum atomic E-state index is -1.63. The lowest BCUT2D eigenvalue weighted by Gasteiger charge is -2.29. The summed E-state index contributed by atoms with van der Waals surface area (Å²) in [7, 11) is 0. The summed E-state index contributed by atoms with van der Waals surface area (Å²) in [5, 5.41) is 2.49. The first-order valence-electron chi connectivity index (χ1n) is 6.44. The first kappa shape index (κ1) is 14.1. The fourth-order valence-electron chi connectivity index (χ4n) is 2.57. The van der Waals surface area contributed by atoms with Crippen LogP contribution in [0.4, 0.5) is 23.2 Å². The van der Waals surface area contributed by atoms with Gasteiger partial charge >= 0.3 is 0 Å². The predicted octanol–water partition coefficient (Wildman–Crippen LogP) is 3.88. The van der Waals surface area contributed by atoms with E-state index < -0.39 is 29.2 Å². The Morgan fingerprint density at radius 1 is 1.05 bits per heavy atom. The lowest BCUT2D eigenvalue weighted by molar-refractivity contribution is 0.268. The van der Waals surface area contributed by atoms with Gasteiger partial charge in [0.1, 0.15) is 5.69 Å². The van der Waals surface area contributed by atoms with Crippen molar-refractivity contribution in [1.29, 1.82) is 0 Å². The van der Waals surface area contributed by atoms with Crippen LogP contribution in [0.5, 0.6) is 0 Å². The summed E-state index contributed by atoms with van der Waals surface area (Å²) >= 11 is 0. The van der Waals surface area contributed by atoms with E-state index in [9.17, 15) is 17.6 Å². The standard InChI is InChI=1S/C13H16F4N2/c1-7-4-2-3-5-8(7)6-18-11-9(14)12(16)19-13(17)10(11)15/h7-8H,2-6H2,1H3,(H,18,19). The number of nitrogens with zero attached hydrogens (tertiary/aromatic N) is 1. The molecule has 1 N–H and O–H groups in total. The highest BCUT2D eigenvalue weighted by molar-refractivity contribution is 5.45. The number of anilines is 1. The molecule has 1 aromatic rings. The van der Waals surface area contributed by atoms with E-state index in [0.717, 1.165) is 25.7 Å². The maximum atomic E-state index is 13.4. The zero-order valence-corrected chi connectivity index (χ0v) is 10.6. The van der Waals surface area contributed by atoms with Gasteiger partial charge in [-0.1, -0.05) is 26.2 Å². The van der Waals surface area contributed by atoms with E-state index in [-0.39, 0.29) is 5.92 Å². The van der Waals surface area contributed by atoms with Crippen molar-refractivity contribution >= 4 is 5.69 Å². The average Bonchev–Trinajstić information content (AvgIpc) is 2.38. The molecule has 2 nitrogen and oxygen atoms in total. The average molecular weight is 276 g/mol. The first-order valence-corrected chi connectivity index (χ1v) is 6.44. The third-order valence-corrected chi connectivity index (χ3v) is 3.83. The highest BCUT2D eigenvalue weighted by Crippen LogP contribution is 2.30. The topological polar surface area (TPSA) is 24.9 Å². The van der Waals surface area contributed by atoms with Crippen molar-refractivity contribution in [2.45, 2.75) is 32.6 Å². The molecule has 1 aliphatic carbocycles. The molecule has 0 aromatic carbocycles. The summed E-state index contributed by atoms with van der Waals surface area (Å²) in [6, 6.07) is 0. The van der Waals surface area contributed by atoms with E-state index in [4.69, 9.17) is 0 Å². The molecule has 0 aliphatic heterocycles. The Morgan fingerprint density at radius 2 is 1.63 bits per heavy atom. The Kier molecular flexibility index (Phi) is 4.27. The molecule has 0 saturated heterocycles. The Labute approximate surface area is 109 Å². The molecule has 1 fully saturated rings. The Hall–Kier alpha value is -1.33. The zero-order chi connectivity index (χ0) is 14.0. The van der Waals surface area contributed by atoms with Crippen LogP contribution in [0.3, 0.4) is 0 Å². The Balaban J connectivity index is 2.11. The third-order valence-electron chi connectivity index (χ3n) is 3.83. The molecule has 6 heteroatoms. The van der Waals surface area contributed by atoms with E-state index in [1.54, 1.807) is 0 Å². The summed E-state index contributed by atoms with van der Waals surface area (Å²) in [5.41, 5.74) is -0.761. The Morgan fingerprint density at radius 3 is 2.21 bits per heavy atom. The van der Waals surface area contributed by atoms with E-state index in [0.29, 0.717) is 12.5 Å². The molecule has 1 aromatic heterocycles. The van der Waals surface area contributed by atoms with Crippen molar-refractivity contribution in [3.8, 4) is 0 Å². The summed E-state index contributed by atoms with van der Waals surface area (Å²) in [6.07, 6.45) is 4.24. The molecular formula is C13H16F4N2. The second-order valence-corrected chi connectivity index (χ2v) is 5.10. The molecule has 1 heterocycles. The quantitative estimate of drug-likeness (QED) is 0.669. The summed E-state index contributed by atoms with van der Waals surface area (Å²) in [6.45, 7) is 2.38. The molecule has 0 amide bonds. The second kappa shape index (κ2) is 5.75. The summed E-state index contributed by atoms with van der Waals surface area (Å²) in [4.78, 5) is 2.52. The van der Waals surface area contributed by atoms with Crippen LogP contribution >= 0.6 is 0 Å². The number of hydrogen-bond donors (Lipinski definition) is 1. The van der Waals surface area contributed by atoms with Crippen LogP contribution in [0.1, 0.15) is 32.6 Å². The van der Waals surface area contributed by atoms with Gasteiger partial charge in [-0.3, -0.25) is 0 Å². The molecule has 2 atom stereocenters. The molecule has 0 bridgehead atoms. The highest BCUT2D eigenvalue weighted by atomic mass is 19.2. The minimum Gasteiger partial charge on any atom is -0.380 e. The van der Waals surface area contributed by atoms with E-state index in [1.807, 2.05) is 0 Å². The lowest BCUT2D eigenvalue weighted by Crippen LogP contribution is -2.25. The van der Waals surface area contributed by atoms with Crippen LogP contribution in [-0.4, -0.2) is 11.5 Å². The van der Waals surface area contributed by atoms with Gasteiger partial charge in [0.05, 0.1) is 0 Å². The summed E-state index contributed by atoms with van der Waals surface area (Å²) < 4.78 is 52.6. The van der Waals surface area contributed by atoms with Crippen LogP contribution in [0.2, 0.25) is 0 Å². The normalized spacial score (nSPS) is 23.4. The van der Waals surface area contributed by atoms with Crippen molar-refractivity contribution in [1.82, 2.24) is 4.98 Å². The SMILES string of the molecule is CC1CCCCC1CNc1c(F)c(F)nc(F)c1F. The third kappa shape index (κ3) is 2.98. The van der Waals surface area contributed by atoms with Gasteiger partial charge in [-0.15, -0.1) is 0 Å². The first-order chi connectivity index (χ1) is 9.00. The number of halogens is 4. The Bertz CT molecular complexity index is 438. The number of aromatic nitrogens is 1. The van der Waals surface area contributed by atoms with Crippen LogP contribution in [0.25, 0.3) is 0 Å². The zero-order valence-electron chi connectivity index (χ0n) is 10.6. The smallest absolute Gasteiger partial charge is 0.253 e. The molecule has 1 aliphatic rings. The van der Waals surface area contributed by atoms with Gasteiger partial charge in [0, 0.05) is 6.54 Å². The molecule has 106 valence electrons. The van der Waals surface area contributed by atoms with Crippen LogP contribution in [-0.2, 0) is 0 Å². The number of nitrogens with one attached hydrogen (secondary N) is 1. The number of pyridine rings is 1. The van der Waals surface area contributed by atoms with Gasteiger partial charge in [-0.25, -0.2) is 0 Å². The molecule has 1 saturated carbocycles. The fraction of sp³-hybridized carbons (Fsp3) is 0.615. The van der Waals surface area contributed by atoms with Gasteiger partial charge in [0.25, 0.3) is 11.9 Å². The van der Waals surface area contributed by atoms with Gasteiger partial charge in [0.15, 0.2) is 0 Å². The molecule has 0 radical (unpaired) electrons. The predicted molar refractivity (Wildman–Crippen MR) is 63.7 cm³/mol. The lowest BCUT2D eigenvalue weighted by atomic mass is 9.80. The van der Waals surface area contributed by atoms with E-state index in [2.05, 4.69) is 17.2 Å². The van der Waals surface area contributed by atoms with Crippen LogP contribution in [0.15, 0.2) is 0 Å². The van der Waals surface area contributed by atoms with Gasteiger partial charge < -0.3 is 5.32 Å². The van der Waals surface area contributed by atoms with Gasteiger partial charge in [-0.05, 0) is 18.3 Å². The molecule has 0 spiro atoms. The van der Waals surface area contributed by atoms with Gasteiger partial charge in [-0.2, -0.15) is 22.5 Å². The molecule has 19 heavy (non-hydrogen) atoms. The van der Waals surface area contributed by atoms with Crippen LogP contribution < -0.4 is 5.32 Å². The summed E-state index contributed by atoms with van der Waals surface area (Å²) in [5.74, 6) is -5.50. The van der Waals surface area contributed by atoms with E-state index >= 15 is 0 Å². The second-order valence-electron chi connectivity index (χ2n) is 5.10. The number of rotatable bonds is 3. The van der Waals surface area contributed by atoms with Crippen molar-refractivity contribution in [3.05, 3.63) is 23.5 Å². The fourth-order valence-corrected chi connectivity index (χ4v) is 2.57. The van der Waals surface area contributed by atoms with Crippen LogP contribution in [0, 0.1) is 35.4 Å². The minimum absolute atomic E-state index is 0.256. The van der Waals surface area contributed by atoms with E-state index in [1.165, 1.54) is 0 Å². The monoisotopic (exact) mass is 276 g/mol. The van der Waals surface area contributed by atoms with Crippen molar-refractivity contribution in [2.75, 3.05) is 11.9 Å². The highest BCUT2D eigenvalue weighted by Gasteiger charge is 2.24. The van der Waals surface area contributed by atoms with Crippen molar-refractivity contribution in [2.24, 2.45) is 11.8 Å². The largest absolute Gasteiger partial charge is 0.380 e. The van der Waals surface area contributed by atoms with Crippen molar-refractivity contribution in [3.63, 3.8) is 0 Å². The molecular weight excluding hydrogens is 260 g/mol. The maximum Gasteiger partial charge on any atom is 0.253 e. The molecule has 2 rings (SSSR count). The number of hydrogen-bond acceptors (Lipinski definition) is 2. The van der Waals surface area contributed by atoms with Gasteiger partial charge in [0.2, 0.25) is 11.6 Å².